The quantitative estimate of drug-likeness (QED) is 0.681. The van der Waals surface area contributed by atoms with Crippen LogP contribution in [0.3, 0.4) is 0 Å². The molecule has 5 nitrogen and oxygen atoms in total. The molecule has 29 heavy (non-hydrogen) atoms. The van der Waals surface area contributed by atoms with Gasteiger partial charge in [-0.25, -0.2) is 12.8 Å². The van der Waals surface area contributed by atoms with Crippen LogP contribution in [0.25, 0.3) is 0 Å². The molecule has 0 atom stereocenters. The Morgan fingerprint density at radius 1 is 1.21 bits per heavy atom. The van der Waals surface area contributed by atoms with Gasteiger partial charge in [0.25, 0.3) is 0 Å². The SMILES string of the molecule is CCc1cc(Br)cc(C)c1NC(=O)C1CCN(S(=O)(=O)c2ccc(F)cc2)CC1. The Hall–Kier alpha value is -1.77. The fourth-order valence-electron chi connectivity index (χ4n) is 3.61. The van der Waals surface area contributed by atoms with E-state index in [-0.39, 0.29) is 29.8 Å². The highest BCUT2D eigenvalue weighted by Gasteiger charge is 2.32. The molecule has 0 unspecified atom stereocenters. The minimum Gasteiger partial charge on any atom is -0.325 e. The lowest BCUT2D eigenvalue weighted by atomic mass is 9.96. The third kappa shape index (κ3) is 4.87. The first-order valence-electron chi connectivity index (χ1n) is 9.58. The molecular formula is C21H24BrFN2O3S. The molecule has 1 N–H and O–H groups in total. The number of carbonyl (C=O) groups is 1. The van der Waals surface area contributed by atoms with E-state index in [9.17, 15) is 17.6 Å². The fourth-order valence-corrected chi connectivity index (χ4v) is 5.70. The molecule has 1 aliphatic rings. The third-order valence-corrected chi connectivity index (χ3v) is 7.66. The normalized spacial score (nSPS) is 16.0. The molecule has 1 saturated heterocycles. The maximum Gasteiger partial charge on any atom is 0.243 e. The molecule has 0 spiro atoms. The van der Waals surface area contributed by atoms with E-state index in [4.69, 9.17) is 0 Å². The van der Waals surface area contributed by atoms with Crippen LogP contribution in [0.5, 0.6) is 0 Å². The van der Waals surface area contributed by atoms with Crippen LogP contribution < -0.4 is 5.32 Å². The lowest BCUT2D eigenvalue weighted by Gasteiger charge is -2.30. The maximum atomic E-state index is 13.1. The van der Waals surface area contributed by atoms with Gasteiger partial charge >= 0.3 is 0 Å². The number of anilines is 1. The number of carbonyl (C=O) groups excluding carboxylic acids is 1. The first-order chi connectivity index (χ1) is 13.7. The van der Waals surface area contributed by atoms with Crippen molar-refractivity contribution in [2.45, 2.75) is 38.0 Å². The summed E-state index contributed by atoms with van der Waals surface area (Å²) in [5, 5.41) is 3.05. The molecule has 0 radical (unpaired) electrons. The minimum absolute atomic E-state index is 0.0693. The number of piperidine rings is 1. The van der Waals surface area contributed by atoms with Gasteiger partial charge in [0.15, 0.2) is 0 Å². The number of nitrogens with zero attached hydrogens (tertiary/aromatic N) is 1. The standard InChI is InChI=1S/C21H24BrFN2O3S/c1-3-15-13-17(22)12-14(2)20(15)24-21(26)16-8-10-25(11-9-16)29(27,28)19-6-4-18(23)5-7-19/h4-7,12-13,16H,3,8-11H2,1-2H3,(H,24,26). The van der Waals surface area contributed by atoms with Crippen molar-refractivity contribution in [2.75, 3.05) is 18.4 Å². The van der Waals surface area contributed by atoms with E-state index < -0.39 is 15.8 Å². The van der Waals surface area contributed by atoms with Gasteiger partial charge in [0, 0.05) is 29.2 Å². The van der Waals surface area contributed by atoms with E-state index in [1.54, 1.807) is 0 Å². The zero-order valence-corrected chi connectivity index (χ0v) is 18.8. The first kappa shape index (κ1) is 21.9. The summed E-state index contributed by atoms with van der Waals surface area (Å²) < 4.78 is 40.9. The van der Waals surface area contributed by atoms with E-state index in [2.05, 4.69) is 21.2 Å². The molecule has 156 valence electrons. The second kappa shape index (κ2) is 8.93. The Labute approximate surface area is 179 Å². The van der Waals surface area contributed by atoms with Crippen LogP contribution >= 0.6 is 15.9 Å². The summed E-state index contributed by atoms with van der Waals surface area (Å²) in [6, 6.07) is 8.78. The van der Waals surface area contributed by atoms with Crippen molar-refractivity contribution < 1.29 is 17.6 Å². The molecule has 1 heterocycles. The highest BCUT2D eigenvalue weighted by Crippen LogP contribution is 2.29. The maximum absolute atomic E-state index is 13.1. The highest BCUT2D eigenvalue weighted by molar-refractivity contribution is 9.10. The van der Waals surface area contributed by atoms with Crippen molar-refractivity contribution in [1.29, 1.82) is 0 Å². The Bertz CT molecular complexity index is 1000. The molecule has 0 aromatic heterocycles. The predicted octanol–water partition coefficient (Wildman–Crippen LogP) is 4.50. The van der Waals surface area contributed by atoms with E-state index in [1.165, 1.54) is 16.4 Å². The summed E-state index contributed by atoms with van der Waals surface area (Å²) in [6.07, 6.45) is 1.69. The molecule has 1 aliphatic heterocycles. The Balaban J connectivity index is 1.66. The molecule has 1 amide bonds. The average Bonchev–Trinajstić information content (AvgIpc) is 2.70. The van der Waals surface area contributed by atoms with Crippen molar-refractivity contribution in [3.8, 4) is 0 Å². The number of hydrogen-bond donors (Lipinski definition) is 1. The van der Waals surface area contributed by atoms with Gasteiger partial charge in [-0.1, -0.05) is 22.9 Å². The zero-order chi connectivity index (χ0) is 21.2. The van der Waals surface area contributed by atoms with Gasteiger partial charge in [0.1, 0.15) is 5.82 Å². The predicted molar refractivity (Wildman–Crippen MR) is 115 cm³/mol. The summed E-state index contributed by atoms with van der Waals surface area (Å²) in [4.78, 5) is 12.9. The summed E-state index contributed by atoms with van der Waals surface area (Å²) in [5.41, 5.74) is 2.88. The van der Waals surface area contributed by atoms with Gasteiger partial charge in [-0.2, -0.15) is 4.31 Å². The Morgan fingerprint density at radius 2 is 1.83 bits per heavy atom. The van der Waals surface area contributed by atoms with Gasteiger partial charge in [0.05, 0.1) is 4.90 Å². The third-order valence-electron chi connectivity index (χ3n) is 5.29. The van der Waals surface area contributed by atoms with Gasteiger partial charge in [0.2, 0.25) is 15.9 Å². The van der Waals surface area contributed by atoms with Crippen LogP contribution in [-0.2, 0) is 21.2 Å². The van der Waals surface area contributed by atoms with Crippen LogP contribution in [0, 0.1) is 18.7 Å². The summed E-state index contributed by atoms with van der Waals surface area (Å²) in [7, 11) is -3.68. The first-order valence-corrected chi connectivity index (χ1v) is 11.8. The van der Waals surface area contributed by atoms with Gasteiger partial charge in [-0.15, -0.1) is 0 Å². The molecule has 1 fully saturated rings. The van der Waals surface area contributed by atoms with Crippen LogP contribution in [0.15, 0.2) is 45.8 Å². The Morgan fingerprint density at radius 3 is 2.41 bits per heavy atom. The number of sulfonamides is 1. The second-order valence-electron chi connectivity index (χ2n) is 7.23. The van der Waals surface area contributed by atoms with Crippen molar-refractivity contribution >= 4 is 37.5 Å². The van der Waals surface area contributed by atoms with E-state index in [1.807, 2.05) is 26.0 Å². The summed E-state index contributed by atoms with van der Waals surface area (Å²) in [6.45, 7) is 4.52. The molecular weight excluding hydrogens is 459 g/mol. The molecule has 0 saturated carbocycles. The van der Waals surface area contributed by atoms with Gasteiger partial charge in [-0.05, 0) is 73.7 Å². The van der Waals surface area contributed by atoms with Crippen LogP contribution in [0.1, 0.15) is 30.9 Å². The molecule has 0 bridgehead atoms. The number of aryl methyl sites for hydroxylation is 2. The molecule has 3 rings (SSSR count). The number of amides is 1. The van der Waals surface area contributed by atoms with Crippen molar-refractivity contribution in [1.82, 2.24) is 4.31 Å². The topological polar surface area (TPSA) is 66.5 Å². The molecule has 2 aromatic carbocycles. The second-order valence-corrected chi connectivity index (χ2v) is 10.1. The number of benzene rings is 2. The van der Waals surface area contributed by atoms with E-state index >= 15 is 0 Å². The smallest absolute Gasteiger partial charge is 0.243 e. The lowest BCUT2D eigenvalue weighted by molar-refractivity contribution is -0.120. The number of hydrogen-bond acceptors (Lipinski definition) is 3. The Kier molecular flexibility index (Phi) is 6.76. The highest BCUT2D eigenvalue weighted by atomic mass is 79.9. The molecule has 8 heteroatoms. The average molecular weight is 483 g/mol. The van der Waals surface area contributed by atoms with Crippen LogP contribution in [-0.4, -0.2) is 31.7 Å². The fraction of sp³-hybridized carbons (Fsp3) is 0.381. The van der Waals surface area contributed by atoms with Crippen molar-refractivity contribution in [3.05, 3.63) is 57.8 Å². The molecule has 0 aliphatic carbocycles. The minimum atomic E-state index is -3.68. The number of rotatable bonds is 5. The zero-order valence-electron chi connectivity index (χ0n) is 16.4. The number of halogens is 2. The molecule has 2 aromatic rings. The van der Waals surface area contributed by atoms with Crippen molar-refractivity contribution in [3.63, 3.8) is 0 Å². The van der Waals surface area contributed by atoms with Gasteiger partial charge < -0.3 is 5.32 Å². The van der Waals surface area contributed by atoms with Crippen LogP contribution in [0.4, 0.5) is 10.1 Å². The van der Waals surface area contributed by atoms with E-state index in [0.29, 0.717) is 12.8 Å². The monoisotopic (exact) mass is 482 g/mol. The van der Waals surface area contributed by atoms with Crippen LogP contribution in [0.2, 0.25) is 0 Å². The summed E-state index contributed by atoms with van der Waals surface area (Å²) in [5.74, 6) is -0.805. The van der Waals surface area contributed by atoms with E-state index in [0.717, 1.165) is 39.8 Å². The summed E-state index contributed by atoms with van der Waals surface area (Å²) >= 11 is 3.48. The largest absolute Gasteiger partial charge is 0.325 e. The lowest BCUT2D eigenvalue weighted by Crippen LogP contribution is -2.41. The van der Waals surface area contributed by atoms with Crippen molar-refractivity contribution in [2.24, 2.45) is 5.92 Å². The number of nitrogens with one attached hydrogen (secondary N) is 1. The van der Waals surface area contributed by atoms with Gasteiger partial charge in [-0.3, -0.25) is 4.79 Å².